The fourth-order valence-corrected chi connectivity index (χ4v) is 3.51. The maximum Gasteiger partial charge on any atom is 0.325 e. The molecular formula is C13H13ClN4O3S2. The van der Waals surface area contributed by atoms with Crippen molar-refractivity contribution in [1.29, 1.82) is 0 Å². The van der Waals surface area contributed by atoms with Gasteiger partial charge < -0.3 is 10.1 Å². The van der Waals surface area contributed by atoms with E-state index in [1.165, 1.54) is 30.2 Å². The van der Waals surface area contributed by atoms with Crippen LogP contribution in [-0.4, -0.2) is 34.6 Å². The number of urea groups is 1. The Morgan fingerprint density at radius 1 is 1.26 bits per heavy atom. The summed E-state index contributed by atoms with van der Waals surface area (Å²) in [5.74, 6) is -0.347. The molecule has 0 spiro atoms. The molecule has 1 aromatic carbocycles. The molecule has 2 amide bonds. The Kier molecular flexibility index (Phi) is 6.20. The van der Waals surface area contributed by atoms with Crippen LogP contribution in [-0.2, 0) is 9.53 Å². The summed E-state index contributed by atoms with van der Waals surface area (Å²) in [6, 6.07) is 6.26. The topological polar surface area (TPSA) is 93.2 Å². The number of nitrogens with one attached hydrogen (secondary N) is 2. The van der Waals surface area contributed by atoms with Crippen LogP contribution in [0.1, 0.15) is 6.92 Å². The summed E-state index contributed by atoms with van der Waals surface area (Å²) in [6.45, 7) is 1.71. The fourth-order valence-electron chi connectivity index (χ4n) is 1.47. The molecule has 10 heteroatoms. The Morgan fingerprint density at radius 2 is 1.96 bits per heavy atom. The molecule has 2 aromatic rings. The summed E-state index contributed by atoms with van der Waals surface area (Å²) >= 11 is 8.16. The maximum absolute atomic E-state index is 11.9. The molecule has 0 unspecified atom stereocenters. The van der Waals surface area contributed by atoms with E-state index in [9.17, 15) is 9.59 Å². The van der Waals surface area contributed by atoms with E-state index in [1.54, 1.807) is 31.2 Å². The van der Waals surface area contributed by atoms with Crippen LogP contribution in [0.15, 0.2) is 28.6 Å². The van der Waals surface area contributed by atoms with Gasteiger partial charge in [-0.1, -0.05) is 34.7 Å². The number of benzene rings is 1. The van der Waals surface area contributed by atoms with Crippen molar-refractivity contribution in [3.63, 3.8) is 0 Å². The largest absolute Gasteiger partial charge is 0.468 e. The van der Waals surface area contributed by atoms with Gasteiger partial charge in [-0.3, -0.25) is 10.1 Å². The Labute approximate surface area is 145 Å². The van der Waals surface area contributed by atoms with E-state index in [-0.39, 0.29) is 5.97 Å². The molecular weight excluding hydrogens is 360 g/mol. The number of esters is 1. The normalized spacial score (nSPS) is 11.6. The molecule has 0 radical (unpaired) electrons. The lowest BCUT2D eigenvalue weighted by Crippen LogP contribution is -2.19. The lowest BCUT2D eigenvalue weighted by molar-refractivity contribution is -0.139. The van der Waals surface area contributed by atoms with E-state index in [0.717, 1.165) is 0 Å². The third-order valence-corrected chi connectivity index (χ3v) is 4.79. The number of aromatic nitrogens is 2. The molecule has 23 heavy (non-hydrogen) atoms. The quantitative estimate of drug-likeness (QED) is 0.474. The summed E-state index contributed by atoms with van der Waals surface area (Å²) in [7, 11) is 1.33. The van der Waals surface area contributed by atoms with Crippen molar-refractivity contribution in [3.05, 3.63) is 29.3 Å². The average molecular weight is 373 g/mol. The highest BCUT2D eigenvalue weighted by Crippen LogP contribution is 2.29. The smallest absolute Gasteiger partial charge is 0.325 e. The van der Waals surface area contributed by atoms with Gasteiger partial charge in [0.05, 0.1) is 7.11 Å². The molecule has 2 N–H and O–H groups in total. The number of methoxy groups -OCH3 is 1. The monoisotopic (exact) mass is 372 g/mol. The highest BCUT2D eigenvalue weighted by Gasteiger charge is 2.18. The third kappa shape index (κ3) is 5.38. The Morgan fingerprint density at radius 3 is 2.61 bits per heavy atom. The number of thioether (sulfide) groups is 1. The van der Waals surface area contributed by atoms with Crippen molar-refractivity contribution in [2.75, 3.05) is 17.7 Å². The standard InChI is InChI=1S/C13H13ClN4O3S2/c1-7(10(19)21-2)22-13-18-17-12(23-13)16-11(20)15-9-5-3-8(14)4-6-9/h3-7H,1-2H3,(H2,15,16,17,20)/t7-/m1/s1. The number of hydrogen-bond acceptors (Lipinski definition) is 7. The molecule has 1 atom stereocenters. The number of nitrogens with zero attached hydrogens (tertiary/aromatic N) is 2. The van der Waals surface area contributed by atoms with E-state index in [0.29, 0.717) is 20.2 Å². The van der Waals surface area contributed by atoms with Crippen LogP contribution in [0.3, 0.4) is 0 Å². The first kappa shape index (κ1) is 17.5. The Balaban J connectivity index is 1.89. The molecule has 0 saturated carbocycles. The molecule has 0 fully saturated rings. The molecule has 0 aliphatic carbocycles. The van der Waals surface area contributed by atoms with Gasteiger partial charge in [0.15, 0.2) is 4.34 Å². The molecule has 0 aliphatic heterocycles. The molecule has 7 nitrogen and oxygen atoms in total. The second-order valence-electron chi connectivity index (χ2n) is 4.24. The van der Waals surface area contributed by atoms with Gasteiger partial charge in [0, 0.05) is 10.7 Å². The Bertz CT molecular complexity index is 693. The van der Waals surface area contributed by atoms with Crippen molar-refractivity contribution in [2.45, 2.75) is 16.5 Å². The van der Waals surface area contributed by atoms with Crippen LogP contribution >= 0.6 is 34.7 Å². The van der Waals surface area contributed by atoms with Gasteiger partial charge >= 0.3 is 12.0 Å². The van der Waals surface area contributed by atoms with Crippen molar-refractivity contribution >= 4 is 57.5 Å². The SMILES string of the molecule is COC(=O)[C@@H](C)Sc1nnc(NC(=O)Nc2ccc(Cl)cc2)s1. The molecule has 0 bridgehead atoms. The molecule has 0 saturated heterocycles. The average Bonchev–Trinajstić information content (AvgIpc) is 2.95. The van der Waals surface area contributed by atoms with Crippen LogP contribution in [0.5, 0.6) is 0 Å². The van der Waals surface area contributed by atoms with E-state index < -0.39 is 11.3 Å². The predicted octanol–water partition coefficient (Wildman–Crippen LogP) is 3.49. The first-order valence-electron chi connectivity index (χ1n) is 6.39. The van der Waals surface area contributed by atoms with Gasteiger partial charge in [-0.15, -0.1) is 10.2 Å². The first-order chi connectivity index (χ1) is 11.0. The number of ether oxygens (including phenoxy) is 1. The van der Waals surface area contributed by atoms with Gasteiger partial charge in [0.2, 0.25) is 5.13 Å². The summed E-state index contributed by atoms with van der Waals surface area (Å²) in [6.07, 6.45) is 0. The number of halogens is 1. The van der Waals surface area contributed by atoms with Gasteiger partial charge in [-0.2, -0.15) is 0 Å². The number of carbonyl (C=O) groups is 2. The highest BCUT2D eigenvalue weighted by molar-refractivity contribution is 8.02. The minimum Gasteiger partial charge on any atom is -0.468 e. The minimum absolute atomic E-state index is 0.330. The zero-order valence-corrected chi connectivity index (χ0v) is 14.6. The predicted molar refractivity (Wildman–Crippen MR) is 91.3 cm³/mol. The zero-order valence-electron chi connectivity index (χ0n) is 12.2. The lowest BCUT2D eigenvalue weighted by Gasteiger charge is -2.05. The van der Waals surface area contributed by atoms with Crippen LogP contribution in [0, 0.1) is 0 Å². The van der Waals surface area contributed by atoms with E-state index in [1.807, 2.05) is 0 Å². The fraction of sp³-hybridized carbons (Fsp3) is 0.231. The third-order valence-electron chi connectivity index (χ3n) is 2.54. The molecule has 2 rings (SSSR count). The first-order valence-corrected chi connectivity index (χ1v) is 8.47. The maximum atomic E-state index is 11.9. The van der Waals surface area contributed by atoms with Crippen LogP contribution in [0.25, 0.3) is 0 Å². The van der Waals surface area contributed by atoms with Crippen molar-refractivity contribution < 1.29 is 14.3 Å². The summed E-state index contributed by atoms with van der Waals surface area (Å²) < 4.78 is 5.20. The number of anilines is 2. The van der Waals surface area contributed by atoms with Crippen molar-refractivity contribution in [1.82, 2.24) is 10.2 Å². The number of hydrogen-bond donors (Lipinski definition) is 2. The number of amides is 2. The second kappa shape index (κ2) is 8.14. The Hall–Kier alpha value is -1.84. The molecule has 1 aromatic heterocycles. The van der Waals surface area contributed by atoms with Crippen molar-refractivity contribution in [3.8, 4) is 0 Å². The summed E-state index contributed by atoms with van der Waals surface area (Å²) in [5.41, 5.74) is 0.602. The van der Waals surface area contributed by atoms with Gasteiger partial charge in [-0.25, -0.2) is 4.79 Å². The molecule has 122 valence electrons. The minimum atomic E-state index is -0.443. The summed E-state index contributed by atoms with van der Waals surface area (Å²) in [5, 5.41) is 13.5. The van der Waals surface area contributed by atoms with Crippen LogP contribution < -0.4 is 10.6 Å². The van der Waals surface area contributed by atoms with Crippen molar-refractivity contribution in [2.24, 2.45) is 0 Å². The van der Waals surface area contributed by atoms with Gasteiger partial charge in [0.25, 0.3) is 0 Å². The highest BCUT2D eigenvalue weighted by atomic mass is 35.5. The zero-order chi connectivity index (χ0) is 16.8. The van der Waals surface area contributed by atoms with E-state index in [4.69, 9.17) is 11.6 Å². The molecule has 1 heterocycles. The number of rotatable bonds is 5. The number of carbonyl (C=O) groups excluding carboxylic acids is 2. The van der Waals surface area contributed by atoms with Crippen LogP contribution in [0.4, 0.5) is 15.6 Å². The van der Waals surface area contributed by atoms with E-state index >= 15 is 0 Å². The van der Waals surface area contributed by atoms with Gasteiger partial charge in [-0.05, 0) is 31.2 Å². The van der Waals surface area contributed by atoms with Crippen LogP contribution in [0.2, 0.25) is 5.02 Å². The summed E-state index contributed by atoms with van der Waals surface area (Å²) in [4.78, 5) is 23.2. The second-order valence-corrected chi connectivity index (χ2v) is 7.24. The molecule has 0 aliphatic rings. The van der Waals surface area contributed by atoms with Gasteiger partial charge in [0.1, 0.15) is 5.25 Å². The lowest BCUT2D eigenvalue weighted by atomic mass is 10.3. The van der Waals surface area contributed by atoms with E-state index in [2.05, 4.69) is 25.6 Å².